The molecule has 1 unspecified atom stereocenters. The average Bonchev–Trinajstić information content (AvgIpc) is 3.09. The van der Waals surface area contributed by atoms with Crippen LogP contribution in [0.4, 0.5) is 0 Å². The van der Waals surface area contributed by atoms with Crippen molar-refractivity contribution >= 4 is 11.9 Å². The maximum atomic E-state index is 12.7. The molecule has 0 fully saturated rings. The van der Waals surface area contributed by atoms with Crippen LogP contribution in [0, 0.1) is 0 Å². The van der Waals surface area contributed by atoms with Gasteiger partial charge in [-0.1, -0.05) is 193 Å². The van der Waals surface area contributed by atoms with Crippen molar-refractivity contribution in [3.63, 3.8) is 0 Å². The van der Waals surface area contributed by atoms with E-state index in [0.717, 1.165) is 64.2 Å². The molecule has 0 rings (SSSR count). The molecule has 0 aromatic rings. The highest BCUT2D eigenvalue weighted by Gasteiger charge is 2.14. The molecule has 1 N–H and O–H groups in total. The summed E-state index contributed by atoms with van der Waals surface area (Å²) in [4.78, 5) is 23.4. The Morgan fingerprint density at radius 2 is 0.735 bits per heavy atom. The third-order valence-electron chi connectivity index (χ3n) is 10.2. The maximum absolute atomic E-state index is 12.7. The van der Waals surface area contributed by atoms with Crippen molar-refractivity contribution in [3.8, 4) is 0 Å². The summed E-state index contributed by atoms with van der Waals surface area (Å²) in [6.07, 6.45) is 51.1. The molecule has 0 radical (unpaired) electrons. The van der Waals surface area contributed by atoms with Crippen LogP contribution in [0.25, 0.3) is 0 Å². The fourth-order valence-corrected chi connectivity index (χ4v) is 6.95. The van der Waals surface area contributed by atoms with Crippen molar-refractivity contribution in [1.29, 1.82) is 0 Å². The number of aliphatic carboxylic acids is 1. The summed E-state index contributed by atoms with van der Waals surface area (Å²) in [5, 5.41) is 8.81. The van der Waals surface area contributed by atoms with Gasteiger partial charge in [0, 0.05) is 12.8 Å². The Balaban J connectivity index is 3.77. The third kappa shape index (κ3) is 41.0. The summed E-state index contributed by atoms with van der Waals surface area (Å²) < 4.78 is 6.00. The number of ether oxygens (including phenoxy) is 1. The van der Waals surface area contributed by atoms with E-state index in [1.54, 1.807) is 0 Å². The molecule has 0 spiro atoms. The highest BCUT2D eigenvalue weighted by Crippen LogP contribution is 2.19. The first-order valence-corrected chi connectivity index (χ1v) is 22.2. The Kier molecular flexibility index (Phi) is 40.0. The van der Waals surface area contributed by atoms with Crippen LogP contribution in [0.3, 0.4) is 0 Å². The first-order valence-electron chi connectivity index (χ1n) is 22.2. The molecule has 0 aliphatic rings. The molecule has 0 aromatic heterocycles. The minimum atomic E-state index is -0.698. The van der Waals surface area contributed by atoms with Gasteiger partial charge in [-0.25, -0.2) is 0 Å². The van der Waals surface area contributed by atoms with Crippen molar-refractivity contribution in [2.75, 3.05) is 0 Å². The summed E-state index contributed by atoms with van der Waals surface area (Å²) in [5.74, 6) is -0.693. The summed E-state index contributed by atoms with van der Waals surface area (Å²) in [5.41, 5.74) is 0. The number of unbranched alkanes of at least 4 members (excludes halogenated alkanes) is 30. The molecule has 290 valence electrons. The van der Waals surface area contributed by atoms with Gasteiger partial charge in [0.05, 0.1) is 0 Å². The topological polar surface area (TPSA) is 63.6 Å². The fraction of sp³-hybridized carbons (Fsp3) is 0.911. The van der Waals surface area contributed by atoms with E-state index < -0.39 is 5.97 Å². The zero-order chi connectivity index (χ0) is 35.7. The van der Waals surface area contributed by atoms with Crippen molar-refractivity contribution < 1.29 is 19.4 Å². The van der Waals surface area contributed by atoms with Crippen LogP contribution in [0.2, 0.25) is 0 Å². The number of carboxylic acid groups (broad SMARTS) is 1. The summed E-state index contributed by atoms with van der Waals surface area (Å²) in [7, 11) is 0. The van der Waals surface area contributed by atoms with Crippen LogP contribution in [0.15, 0.2) is 12.2 Å². The van der Waals surface area contributed by atoms with E-state index in [2.05, 4.69) is 26.0 Å². The van der Waals surface area contributed by atoms with Crippen LogP contribution in [0.1, 0.15) is 258 Å². The highest BCUT2D eigenvalue weighted by molar-refractivity contribution is 5.69. The Hall–Kier alpha value is -1.32. The molecular weight excluding hydrogens is 604 g/mol. The summed E-state index contributed by atoms with van der Waals surface area (Å²) in [6.45, 7) is 4.55. The fourth-order valence-electron chi connectivity index (χ4n) is 6.95. The van der Waals surface area contributed by atoms with Gasteiger partial charge >= 0.3 is 11.9 Å². The third-order valence-corrected chi connectivity index (χ3v) is 10.2. The Morgan fingerprint density at radius 3 is 1.10 bits per heavy atom. The normalized spacial score (nSPS) is 12.2. The standard InChI is InChI=1S/C45H86O4/c1-3-5-7-9-11-13-14-15-16-17-18-19-20-21-22-23-24-25-26-27-29-34-38-42-45(48)49-43(39-35-31-28-12-10-8-6-4-2)40-36-32-30-33-37-41-44(46)47/h17-18,43H,3-16,19-42H2,1-2H3,(H,46,47)/b18-17-. The average molecular weight is 691 g/mol. The lowest BCUT2D eigenvalue weighted by atomic mass is 10.0. The molecular formula is C45H86O4. The molecule has 0 amide bonds. The Bertz CT molecular complexity index is 702. The molecule has 0 aliphatic heterocycles. The lowest BCUT2D eigenvalue weighted by Crippen LogP contribution is -2.18. The van der Waals surface area contributed by atoms with Gasteiger partial charge in [-0.05, 0) is 64.2 Å². The molecule has 4 nitrogen and oxygen atoms in total. The van der Waals surface area contributed by atoms with Gasteiger partial charge in [0.2, 0.25) is 0 Å². The SMILES string of the molecule is CCCCCCCCCC/C=C\CCCCCCCCCCCCCC(=O)OC(CCCCCCCCCC)CCCCCCCC(=O)O. The monoisotopic (exact) mass is 691 g/mol. The van der Waals surface area contributed by atoms with E-state index >= 15 is 0 Å². The molecule has 49 heavy (non-hydrogen) atoms. The minimum absolute atomic E-state index is 0.00464. The van der Waals surface area contributed by atoms with Gasteiger partial charge in [0.25, 0.3) is 0 Å². The molecule has 0 saturated carbocycles. The van der Waals surface area contributed by atoms with Crippen LogP contribution >= 0.6 is 0 Å². The second-order valence-corrected chi connectivity index (χ2v) is 15.2. The zero-order valence-electron chi connectivity index (χ0n) is 33.3. The Morgan fingerprint density at radius 1 is 0.429 bits per heavy atom. The molecule has 0 heterocycles. The second kappa shape index (κ2) is 41.1. The van der Waals surface area contributed by atoms with Gasteiger partial charge in [0.15, 0.2) is 0 Å². The van der Waals surface area contributed by atoms with Crippen molar-refractivity contribution in [3.05, 3.63) is 12.2 Å². The van der Waals surface area contributed by atoms with Crippen LogP contribution in [-0.4, -0.2) is 23.1 Å². The van der Waals surface area contributed by atoms with E-state index in [-0.39, 0.29) is 18.5 Å². The zero-order valence-corrected chi connectivity index (χ0v) is 33.3. The first kappa shape index (κ1) is 47.7. The van der Waals surface area contributed by atoms with Crippen LogP contribution in [0.5, 0.6) is 0 Å². The predicted molar refractivity (Wildman–Crippen MR) is 213 cm³/mol. The number of carbonyl (C=O) groups excluding carboxylic acids is 1. The van der Waals surface area contributed by atoms with E-state index in [4.69, 9.17) is 9.84 Å². The number of rotatable bonds is 41. The van der Waals surface area contributed by atoms with Gasteiger partial charge in [-0.3, -0.25) is 9.59 Å². The maximum Gasteiger partial charge on any atom is 0.306 e. The molecule has 0 saturated heterocycles. The number of esters is 1. The summed E-state index contributed by atoms with van der Waals surface area (Å²) >= 11 is 0. The van der Waals surface area contributed by atoms with Gasteiger partial charge in [-0.2, -0.15) is 0 Å². The lowest BCUT2D eigenvalue weighted by Gasteiger charge is -2.18. The van der Waals surface area contributed by atoms with E-state index in [0.29, 0.717) is 6.42 Å². The highest BCUT2D eigenvalue weighted by atomic mass is 16.5. The van der Waals surface area contributed by atoms with Crippen molar-refractivity contribution in [1.82, 2.24) is 0 Å². The molecule has 4 heteroatoms. The smallest absolute Gasteiger partial charge is 0.306 e. The quantitative estimate of drug-likeness (QED) is 0.0394. The molecule has 0 aromatic carbocycles. The van der Waals surface area contributed by atoms with E-state index in [9.17, 15) is 9.59 Å². The Labute approximate surface area is 306 Å². The molecule has 1 atom stereocenters. The van der Waals surface area contributed by atoms with Crippen molar-refractivity contribution in [2.24, 2.45) is 0 Å². The number of carbonyl (C=O) groups is 2. The van der Waals surface area contributed by atoms with Gasteiger partial charge in [0.1, 0.15) is 6.10 Å². The van der Waals surface area contributed by atoms with E-state index in [1.165, 1.54) is 167 Å². The van der Waals surface area contributed by atoms with Gasteiger partial charge in [-0.15, -0.1) is 0 Å². The van der Waals surface area contributed by atoms with Gasteiger partial charge < -0.3 is 9.84 Å². The summed E-state index contributed by atoms with van der Waals surface area (Å²) in [6, 6.07) is 0. The van der Waals surface area contributed by atoms with E-state index in [1.807, 2.05) is 0 Å². The molecule has 0 bridgehead atoms. The lowest BCUT2D eigenvalue weighted by molar-refractivity contribution is -0.150. The predicted octanol–water partition coefficient (Wildman–Crippen LogP) is 15.4. The second-order valence-electron chi connectivity index (χ2n) is 15.2. The number of hydrogen-bond donors (Lipinski definition) is 1. The minimum Gasteiger partial charge on any atom is -0.481 e. The number of carboxylic acids is 1. The first-order chi connectivity index (χ1) is 24.1. The van der Waals surface area contributed by atoms with Crippen LogP contribution in [-0.2, 0) is 14.3 Å². The van der Waals surface area contributed by atoms with Crippen molar-refractivity contribution in [2.45, 2.75) is 264 Å². The molecule has 0 aliphatic carbocycles. The number of hydrogen-bond acceptors (Lipinski definition) is 3. The number of allylic oxidation sites excluding steroid dienone is 2. The van der Waals surface area contributed by atoms with Crippen LogP contribution < -0.4 is 0 Å². The largest absolute Gasteiger partial charge is 0.481 e.